The number of amides is 4. The Kier molecular flexibility index (Phi) is 5.64. The molecule has 2 heterocycles. The second-order valence-electron chi connectivity index (χ2n) is 8.82. The van der Waals surface area contributed by atoms with Crippen LogP contribution in [0.15, 0.2) is 72.8 Å². The molecular weight excluding hydrogens is 446 g/mol. The highest BCUT2D eigenvalue weighted by Crippen LogP contribution is 2.38. The lowest BCUT2D eigenvalue weighted by atomic mass is 9.91. The first-order valence-corrected chi connectivity index (χ1v) is 11.3. The summed E-state index contributed by atoms with van der Waals surface area (Å²) in [6.45, 7) is 3.60. The second-order valence-corrected chi connectivity index (χ2v) is 8.82. The van der Waals surface area contributed by atoms with Crippen molar-refractivity contribution in [2.75, 3.05) is 18.2 Å². The van der Waals surface area contributed by atoms with Crippen LogP contribution in [0.5, 0.6) is 11.5 Å². The number of carbonyl (C=O) groups excluding carboxylic acids is 3. The third-order valence-electron chi connectivity index (χ3n) is 6.32. The van der Waals surface area contributed by atoms with E-state index in [1.54, 1.807) is 30.0 Å². The van der Waals surface area contributed by atoms with Crippen molar-refractivity contribution in [3.63, 3.8) is 0 Å². The minimum atomic E-state index is -1.33. The fourth-order valence-corrected chi connectivity index (χ4v) is 4.35. The van der Waals surface area contributed by atoms with Crippen molar-refractivity contribution < 1.29 is 23.9 Å². The molecule has 3 aromatic rings. The van der Waals surface area contributed by atoms with E-state index in [4.69, 9.17) is 9.47 Å². The van der Waals surface area contributed by atoms with E-state index in [-0.39, 0.29) is 19.2 Å². The molecule has 178 valence electrons. The predicted molar refractivity (Wildman–Crippen MR) is 129 cm³/mol. The number of hydrogen-bond donors (Lipinski definition) is 1. The summed E-state index contributed by atoms with van der Waals surface area (Å²) in [6, 6.07) is 21.6. The molecule has 0 bridgehead atoms. The minimum absolute atomic E-state index is 0.104. The van der Waals surface area contributed by atoms with E-state index in [0.29, 0.717) is 29.3 Å². The number of nitrogens with one attached hydrogen (secondary N) is 1. The number of aryl methyl sites for hydroxylation is 1. The maximum atomic E-state index is 13.5. The zero-order valence-electron chi connectivity index (χ0n) is 19.5. The maximum Gasteiger partial charge on any atom is 0.325 e. The van der Waals surface area contributed by atoms with Crippen LogP contribution in [0.3, 0.4) is 0 Å². The van der Waals surface area contributed by atoms with E-state index in [1.807, 2.05) is 61.5 Å². The van der Waals surface area contributed by atoms with Gasteiger partial charge in [0.1, 0.15) is 12.1 Å². The lowest BCUT2D eigenvalue weighted by Gasteiger charge is -2.26. The molecule has 5 rings (SSSR count). The smallest absolute Gasteiger partial charge is 0.325 e. The van der Waals surface area contributed by atoms with Crippen LogP contribution in [0, 0.1) is 6.92 Å². The molecule has 0 aliphatic carbocycles. The van der Waals surface area contributed by atoms with Gasteiger partial charge in [-0.1, -0.05) is 48.5 Å². The van der Waals surface area contributed by atoms with Gasteiger partial charge < -0.3 is 19.7 Å². The highest BCUT2D eigenvalue weighted by molar-refractivity contribution is 6.10. The standard InChI is InChI=1S/C27H25N3O5/c1-18-7-6-10-21(13-18)29(15-19-8-4-3-5-9-19)24(31)16-30-25(32)27(2,28-26(30)33)20-11-12-22-23(14-20)35-17-34-22/h3-14H,15-17H2,1-2H3,(H,28,33)/t27-/m0/s1. The molecule has 0 aromatic heterocycles. The highest BCUT2D eigenvalue weighted by atomic mass is 16.7. The van der Waals surface area contributed by atoms with Crippen LogP contribution in [0.4, 0.5) is 10.5 Å². The van der Waals surface area contributed by atoms with Crippen LogP contribution in [0.1, 0.15) is 23.6 Å². The van der Waals surface area contributed by atoms with Crippen LogP contribution in [-0.4, -0.2) is 36.1 Å². The van der Waals surface area contributed by atoms with Crippen molar-refractivity contribution in [3.8, 4) is 11.5 Å². The Morgan fingerprint density at radius 3 is 2.54 bits per heavy atom. The van der Waals surface area contributed by atoms with Crippen LogP contribution in [0.25, 0.3) is 0 Å². The first-order valence-electron chi connectivity index (χ1n) is 11.3. The average Bonchev–Trinajstić information content (AvgIpc) is 3.41. The summed E-state index contributed by atoms with van der Waals surface area (Å²) in [7, 11) is 0. The van der Waals surface area contributed by atoms with Gasteiger partial charge in [0.2, 0.25) is 12.7 Å². The summed E-state index contributed by atoms with van der Waals surface area (Å²) in [4.78, 5) is 42.4. The van der Waals surface area contributed by atoms with Gasteiger partial charge in [-0.05, 0) is 54.8 Å². The molecule has 0 unspecified atom stereocenters. The van der Waals surface area contributed by atoms with Crippen LogP contribution in [0.2, 0.25) is 0 Å². The highest BCUT2D eigenvalue weighted by Gasteiger charge is 2.50. The van der Waals surface area contributed by atoms with Crippen LogP contribution >= 0.6 is 0 Å². The predicted octanol–water partition coefficient (Wildman–Crippen LogP) is 3.72. The molecule has 4 amide bonds. The topological polar surface area (TPSA) is 88.2 Å². The second kappa shape index (κ2) is 8.79. The van der Waals surface area contributed by atoms with Gasteiger partial charge in [-0.3, -0.25) is 14.5 Å². The molecule has 0 spiro atoms. The Labute approximate surface area is 203 Å². The first-order chi connectivity index (χ1) is 16.8. The molecule has 8 heteroatoms. The summed E-state index contributed by atoms with van der Waals surface area (Å²) >= 11 is 0. The number of fused-ring (bicyclic) bond motifs is 1. The lowest BCUT2D eigenvalue weighted by Crippen LogP contribution is -2.44. The van der Waals surface area contributed by atoms with Crippen molar-refractivity contribution in [2.45, 2.75) is 25.9 Å². The summed E-state index contributed by atoms with van der Waals surface area (Å²) in [6.07, 6.45) is 0. The largest absolute Gasteiger partial charge is 0.454 e. The van der Waals surface area contributed by atoms with Gasteiger partial charge in [0.25, 0.3) is 5.91 Å². The molecular formula is C27H25N3O5. The molecule has 1 N–H and O–H groups in total. The maximum absolute atomic E-state index is 13.5. The number of urea groups is 1. The van der Waals surface area contributed by atoms with Gasteiger partial charge >= 0.3 is 6.03 Å². The van der Waals surface area contributed by atoms with Gasteiger partial charge in [-0.2, -0.15) is 0 Å². The van der Waals surface area contributed by atoms with Gasteiger partial charge in [0, 0.05) is 5.69 Å². The monoisotopic (exact) mass is 471 g/mol. The molecule has 3 aromatic carbocycles. The Balaban J connectivity index is 1.40. The molecule has 0 saturated carbocycles. The van der Waals surface area contributed by atoms with Gasteiger partial charge in [0.15, 0.2) is 11.5 Å². The molecule has 1 atom stereocenters. The quantitative estimate of drug-likeness (QED) is 0.554. The van der Waals surface area contributed by atoms with E-state index >= 15 is 0 Å². The Morgan fingerprint density at radius 2 is 1.77 bits per heavy atom. The van der Waals surface area contributed by atoms with Gasteiger partial charge in [-0.15, -0.1) is 0 Å². The molecule has 1 fully saturated rings. The lowest BCUT2D eigenvalue weighted by molar-refractivity contribution is -0.134. The Bertz CT molecular complexity index is 1310. The van der Waals surface area contributed by atoms with E-state index < -0.39 is 17.5 Å². The number of ether oxygens (including phenoxy) is 2. The van der Waals surface area contributed by atoms with Crippen molar-refractivity contribution in [1.82, 2.24) is 10.2 Å². The summed E-state index contributed by atoms with van der Waals surface area (Å²) in [5.74, 6) is 0.223. The number of nitrogens with zero attached hydrogens (tertiary/aromatic N) is 2. The number of anilines is 1. The number of rotatable bonds is 6. The third-order valence-corrected chi connectivity index (χ3v) is 6.32. The van der Waals surface area contributed by atoms with Crippen molar-refractivity contribution >= 4 is 23.5 Å². The SMILES string of the molecule is Cc1cccc(N(Cc2ccccc2)C(=O)CN2C(=O)N[C@@](C)(c3ccc4c(c3)OCO4)C2=O)c1. The molecule has 35 heavy (non-hydrogen) atoms. The normalized spacial score (nSPS) is 18.5. The van der Waals surface area contributed by atoms with E-state index in [9.17, 15) is 14.4 Å². The fraction of sp³-hybridized carbons (Fsp3) is 0.222. The van der Waals surface area contributed by atoms with Crippen LogP contribution < -0.4 is 19.7 Å². The van der Waals surface area contributed by atoms with Crippen molar-refractivity contribution in [3.05, 3.63) is 89.5 Å². The average molecular weight is 472 g/mol. The molecule has 1 saturated heterocycles. The Morgan fingerprint density at radius 1 is 1.00 bits per heavy atom. The van der Waals surface area contributed by atoms with E-state index in [1.165, 1.54) is 0 Å². The number of benzene rings is 3. The molecule has 0 radical (unpaired) electrons. The minimum Gasteiger partial charge on any atom is -0.454 e. The zero-order chi connectivity index (χ0) is 24.6. The van der Waals surface area contributed by atoms with Gasteiger partial charge in [-0.25, -0.2) is 4.79 Å². The number of hydrogen-bond acceptors (Lipinski definition) is 5. The van der Waals surface area contributed by atoms with Crippen molar-refractivity contribution in [2.24, 2.45) is 0 Å². The third kappa shape index (κ3) is 4.19. The van der Waals surface area contributed by atoms with E-state index in [0.717, 1.165) is 16.0 Å². The zero-order valence-corrected chi connectivity index (χ0v) is 19.5. The molecule has 2 aliphatic rings. The summed E-state index contributed by atoms with van der Waals surface area (Å²) < 4.78 is 10.8. The number of carbonyl (C=O) groups is 3. The summed E-state index contributed by atoms with van der Waals surface area (Å²) in [5, 5.41) is 2.75. The molecule has 8 nitrogen and oxygen atoms in total. The molecule has 2 aliphatic heterocycles. The fourth-order valence-electron chi connectivity index (χ4n) is 4.35. The first kappa shape index (κ1) is 22.5. The van der Waals surface area contributed by atoms with E-state index in [2.05, 4.69) is 5.32 Å². The van der Waals surface area contributed by atoms with Gasteiger partial charge in [0.05, 0.1) is 6.54 Å². The van der Waals surface area contributed by atoms with Crippen molar-refractivity contribution in [1.29, 1.82) is 0 Å². The number of imide groups is 1. The Hall–Kier alpha value is -4.33. The van der Waals surface area contributed by atoms with Crippen LogP contribution in [-0.2, 0) is 21.7 Å². The summed E-state index contributed by atoms with van der Waals surface area (Å²) in [5.41, 5.74) is 1.86.